The van der Waals surface area contributed by atoms with Crippen LogP contribution in [0, 0.1) is 0 Å². The topological polar surface area (TPSA) is 70.0 Å². The number of nitrogens with zero attached hydrogens (tertiary/aromatic N) is 1. The summed E-state index contributed by atoms with van der Waals surface area (Å²) in [5, 5.41) is 22.0. The summed E-state index contributed by atoms with van der Waals surface area (Å²) in [6, 6.07) is 13.2. The SMILES string of the molecule is CCCC1CC(=O)c2c(O)cc(OC(C)CCCc3ccccc3)cc2N1O. The van der Waals surface area contributed by atoms with Gasteiger partial charge in [0.05, 0.1) is 23.4 Å². The highest BCUT2D eigenvalue weighted by atomic mass is 16.5. The first-order valence-corrected chi connectivity index (χ1v) is 10.1. The number of anilines is 1. The fraction of sp³-hybridized carbons (Fsp3) is 0.435. The van der Waals surface area contributed by atoms with Gasteiger partial charge in [0.15, 0.2) is 5.78 Å². The predicted molar refractivity (Wildman–Crippen MR) is 109 cm³/mol. The van der Waals surface area contributed by atoms with Gasteiger partial charge in [0.1, 0.15) is 11.5 Å². The van der Waals surface area contributed by atoms with E-state index in [0.717, 1.165) is 30.7 Å². The van der Waals surface area contributed by atoms with E-state index in [1.165, 1.54) is 11.6 Å². The number of carbonyl (C=O) groups is 1. The Hall–Kier alpha value is -2.53. The van der Waals surface area contributed by atoms with E-state index < -0.39 is 0 Å². The molecule has 1 aliphatic heterocycles. The molecule has 0 spiro atoms. The minimum absolute atomic E-state index is 0.0426. The number of rotatable bonds is 8. The molecule has 0 aromatic heterocycles. The molecule has 2 atom stereocenters. The van der Waals surface area contributed by atoms with Gasteiger partial charge in [0.25, 0.3) is 0 Å². The normalized spacial score (nSPS) is 17.3. The molecule has 0 saturated carbocycles. The van der Waals surface area contributed by atoms with Gasteiger partial charge in [-0.2, -0.15) is 0 Å². The van der Waals surface area contributed by atoms with Crippen molar-refractivity contribution in [3.05, 3.63) is 53.6 Å². The number of hydrogen-bond donors (Lipinski definition) is 2. The molecule has 5 nitrogen and oxygen atoms in total. The summed E-state index contributed by atoms with van der Waals surface area (Å²) >= 11 is 0. The molecule has 0 aliphatic carbocycles. The summed E-state index contributed by atoms with van der Waals surface area (Å²) in [6.45, 7) is 4.01. The number of aryl methyl sites for hydroxylation is 1. The average molecular weight is 383 g/mol. The predicted octanol–water partition coefficient (Wildman–Crippen LogP) is 5.13. The Kier molecular flexibility index (Phi) is 6.57. The first-order chi connectivity index (χ1) is 13.5. The van der Waals surface area contributed by atoms with Crippen molar-refractivity contribution in [2.24, 2.45) is 0 Å². The van der Waals surface area contributed by atoms with Gasteiger partial charge < -0.3 is 9.84 Å². The third-order valence-electron chi connectivity index (χ3n) is 5.24. The number of benzene rings is 2. The largest absolute Gasteiger partial charge is 0.507 e. The van der Waals surface area contributed by atoms with Crippen molar-refractivity contribution < 1.29 is 19.8 Å². The minimum atomic E-state index is -0.261. The molecule has 2 aromatic carbocycles. The molecule has 2 aromatic rings. The molecule has 0 saturated heterocycles. The number of aromatic hydroxyl groups is 1. The zero-order valence-corrected chi connectivity index (χ0v) is 16.6. The molecule has 3 rings (SSSR count). The minimum Gasteiger partial charge on any atom is -0.507 e. The zero-order chi connectivity index (χ0) is 20.1. The summed E-state index contributed by atoms with van der Waals surface area (Å²) < 4.78 is 5.97. The van der Waals surface area contributed by atoms with E-state index in [4.69, 9.17) is 4.74 Å². The lowest BCUT2D eigenvalue weighted by atomic mass is 9.93. The molecule has 0 radical (unpaired) electrons. The van der Waals surface area contributed by atoms with Crippen LogP contribution in [0.15, 0.2) is 42.5 Å². The Balaban J connectivity index is 1.66. The molecule has 28 heavy (non-hydrogen) atoms. The Morgan fingerprint density at radius 2 is 2.00 bits per heavy atom. The maximum Gasteiger partial charge on any atom is 0.170 e. The van der Waals surface area contributed by atoms with Crippen molar-refractivity contribution >= 4 is 11.5 Å². The second-order valence-corrected chi connectivity index (χ2v) is 7.56. The molecule has 1 aliphatic rings. The molecule has 2 N–H and O–H groups in total. The van der Waals surface area contributed by atoms with Crippen LogP contribution in [0.3, 0.4) is 0 Å². The average Bonchev–Trinajstić information content (AvgIpc) is 2.66. The van der Waals surface area contributed by atoms with Crippen LogP contribution in [0.4, 0.5) is 5.69 Å². The highest BCUT2D eigenvalue weighted by Crippen LogP contribution is 2.40. The van der Waals surface area contributed by atoms with Crippen LogP contribution in [-0.2, 0) is 6.42 Å². The summed E-state index contributed by atoms with van der Waals surface area (Å²) in [7, 11) is 0. The smallest absolute Gasteiger partial charge is 0.170 e. The van der Waals surface area contributed by atoms with Gasteiger partial charge in [-0.25, -0.2) is 0 Å². The fourth-order valence-corrected chi connectivity index (χ4v) is 3.81. The number of carbonyl (C=O) groups excluding carboxylic acids is 1. The van der Waals surface area contributed by atoms with Crippen molar-refractivity contribution in [3.63, 3.8) is 0 Å². The Morgan fingerprint density at radius 3 is 2.71 bits per heavy atom. The maximum atomic E-state index is 12.4. The number of hydrogen-bond acceptors (Lipinski definition) is 5. The Morgan fingerprint density at radius 1 is 1.25 bits per heavy atom. The molecular weight excluding hydrogens is 354 g/mol. The highest BCUT2D eigenvalue weighted by Gasteiger charge is 2.33. The van der Waals surface area contributed by atoms with Crippen LogP contribution in [0.5, 0.6) is 11.5 Å². The van der Waals surface area contributed by atoms with Crippen LogP contribution >= 0.6 is 0 Å². The number of ketones is 1. The van der Waals surface area contributed by atoms with E-state index in [1.54, 1.807) is 6.07 Å². The van der Waals surface area contributed by atoms with E-state index in [-0.39, 0.29) is 35.7 Å². The van der Waals surface area contributed by atoms with Crippen molar-refractivity contribution in [3.8, 4) is 11.5 Å². The molecular formula is C23H29NO4. The zero-order valence-electron chi connectivity index (χ0n) is 16.6. The number of phenols is 1. The quantitative estimate of drug-likeness (QED) is 0.661. The second kappa shape index (κ2) is 9.11. The van der Waals surface area contributed by atoms with Crippen LogP contribution in [0.2, 0.25) is 0 Å². The number of phenolic OH excluding ortho intramolecular Hbond substituents is 1. The third kappa shape index (κ3) is 4.65. The molecule has 0 amide bonds. The first-order valence-electron chi connectivity index (χ1n) is 10.1. The fourth-order valence-electron chi connectivity index (χ4n) is 3.81. The van der Waals surface area contributed by atoms with Gasteiger partial charge in [-0.15, -0.1) is 0 Å². The van der Waals surface area contributed by atoms with Crippen molar-refractivity contribution in [2.45, 2.75) is 64.5 Å². The lowest BCUT2D eigenvalue weighted by Gasteiger charge is -2.33. The number of Topliss-reactive ketones (excluding diaryl/α,β-unsaturated/α-hetero) is 1. The van der Waals surface area contributed by atoms with Gasteiger partial charge in [0, 0.05) is 18.6 Å². The van der Waals surface area contributed by atoms with Crippen LogP contribution in [0.25, 0.3) is 0 Å². The standard InChI is InChI=1S/C23H29NO4/c1-3-8-18-13-21(25)23-20(24(18)27)14-19(15-22(23)26)28-16(2)9-7-12-17-10-5-4-6-11-17/h4-6,10-11,14-16,18,26-27H,3,7-9,12-13H2,1-2H3. The summed E-state index contributed by atoms with van der Waals surface area (Å²) in [5.74, 6) is 0.189. The molecule has 5 heteroatoms. The van der Waals surface area contributed by atoms with Gasteiger partial charge in [0.2, 0.25) is 0 Å². The Bertz CT molecular complexity index is 806. The molecule has 0 bridgehead atoms. The molecule has 1 heterocycles. The lowest BCUT2D eigenvalue weighted by molar-refractivity contribution is 0.0918. The Labute approximate surface area is 166 Å². The van der Waals surface area contributed by atoms with Crippen LogP contribution < -0.4 is 9.80 Å². The van der Waals surface area contributed by atoms with Gasteiger partial charge in [-0.3, -0.25) is 15.1 Å². The van der Waals surface area contributed by atoms with Crippen molar-refractivity contribution in [1.29, 1.82) is 0 Å². The van der Waals surface area contributed by atoms with Crippen molar-refractivity contribution in [1.82, 2.24) is 0 Å². The van der Waals surface area contributed by atoms with Crippen molar-refractivity contribution in [2.75, 3.05) is 5.06 Å². The van der Waals surface area contributed by atoms with E-state index in [9.17, 15) is 15.1 Å². The molecule has 0 fully saturated rings. The van der Waals surface area contributed by atoms with Gasteiger partial charge in [-0.05, 0) is 38.2 Å². The molecule has 2 unspecified atom stereocenters. The van der Waals surface area contributed by atoms with E-state index in [0.29, 0.717) is 17.9 Å². The second-order valence-electron chi connectivity index (χ2n) is 7.56. The highest BCUT2D eigenvalue weighted by molar-refractivity contribution is 6.06. The summed E-state index contributed by atoms with van der Waals surface area (Å²) in [4.78, 5) is 12.4. The van der Waals surface area contributed by atoms with Crippen LogP contribution in [-0.4, -0.2) is 28.2 Å². The number of hydroxylamine groups is 1. The van der Waals surface area contributed by atoms with E-state index in [2.05, 4.69) is 12.1 Å². The molecule has 150 valence electrons. The number of ether oxygens (including phenoxy) is 1. The summed E-state index contributed by atoms with van der Waals surface area (Å²) in [5.41, 5.74) is 1.82. The van der Waals surface area contributed by atoms with Gasteiger partial charge in [-0.1, -0.05) is 43.7 Å². The van der Waals surface area contributed by atoms with Gasteiger partial charge >= 0.3 is 0 Å². The first kappa shape index (κ1) is 20.2. The monoisotopic (exact) mass is 383 g/mol. The maximum absolute atomic E-state index is 12.4. The lowest BCUT2D eigenvalue weighted by Crippen LogP contribution is -2.39. The third-order valence-corrected chi connectivity index (χ3v) is 5.24. The van der Waals surface area contributed by atoms with E-state index >= 15 is 0 Å². The van der Waals surface area contributed by atoms with Crippen LogP contribution in [0.1, 0.15) is 61.9 Å². The van der Waals surface area contributed by atoms with E-state index in [1.807, 2.05) is 32.0 Å². The number of fused-ring (bicyclic) bond motifs is 1. The summed E-state index contributed by atoms with van der Waals surface area (Å²) in [6.07, 6.45) is 4.59.